The van der Waals surface area contributed by atoms with Gasteiger partial charge in [0, 0.05) is 5.41 Å². The van der Waals surface area contributed by atoms with E-state index in [2.05, 4.69) is 105 Å². The summed E-state index contributed by atoms with van der Waals surface area (Å²) in [6.45, 7) is 4.66. The first kappa shape index (κ1) is 21.1. The molecule has 0 aromatic heterocycles. The Morgan fingerprint density at radius 3 is 1.56 bits per heavy atom. The monoisotopic (exact) mass is 464 g/mol. The quantitative estimate of drug-likeness (QED) is 0.224. The van der Waals surface area contributed by atoms with Crippen LogP contribution in [-0.4, -0.2) is 0 Å². The molecule has 0 radical (unpaired) electrons. The van der Waals surface area contributed by atoms with E-state index in [4.69, 9.17) is 0 Å². The first-order valence-corrected chi connectivity index (χ1v) is 12.5. The lowest BCUT2D eigenvalue weighted by atomic mass is 9.80. The number of fused-ring (bicyclic) bond motifs is 5. The normalized spacial score (nSPS) is 13.6. The smallest absolute Gasteiger partial charge is 0.123 e. The maximum atomic E-state index is 13.8. The minimum absolute atomic E-state index is 0.0540. The molecule has 0 aliphatic heterocycles. The summed E-state index contributed by atoms with van der Waals surface area (Å²) in [5.41, 5.74) is 10.0. The number of hydrogen-bond donors (Lipinski definition) is 0. The van der Waals surface area contributed by atoms with Crippen molar-refractivity contribution in [3.8, 4) is 33.4 Å². The summed E-state index contributed by atoms with van der Waals surface area (Å²) >= 11 is 0. The Balaban J connectivity index is 1.56. The molecule has 172 valence electrons. The van der Waals surface area contributed by atoms with Gasteiger partial charge in [0.25, 0.3) is 0 Å². The van der Waals surface area contributed by atoms with E-state index in [0.29, 0.717) is 0 Å². The third-order valence-corrected chi connectivity index (χ3v) is 7.94. The predicted octanol–water partition coefficient (Wildman–Crippen LogP) is 9.77. The molecule has 0 atom stereocenters. The summed E-state index contributed by atoms with van der Waals surface area (Å²) in [4.78, 5) is 0. The first-order valence-electron chi connectivity index (χ1n) is 12.5. The van der Waals surface area contributed by atoms with Crippen LogP contribution in [0.15, 0.2) is 115 Å². The molecule has 0 fully saturated rings. The molecule has 0 unspecified atom stereocenters. The van der Waals surface area contributed by atoms with Crippen molar-refractivity contribution < 1.29 is 4.39 Å². The van der Waals surface area contributed by atoms with E-state index in [1.54, 1.807) is 12.1 Å². The molecular weight excluding hydrogens is 439 g/mol. The average Bonchev–Trinajstić information content (AvgIpc) is 3.14. The first-order chi connectivity index (χ1) is 17.5. The lowest BCUT2D eigenvalue weighted by Crippen LogP contribution is -2.14. The summed E-state index contributed by atoms with van der Waals surface area (Å²) in [5, 5.41) is 4.79. The second-order valence-corrected chi connectivity index (χ2v) is 10.3. The Labute approximate surface area is 210 Å². The number of benzene rings is 6. The Morgan fingerprint density at radius 2 is 0.944 bits per heavy atom. The van der Waals surface area contributed by atoms with Crippen LogP contribution in [0.1, 0.15) is 25.0 Å². The van der Waals surface area contributed by atoms with E-state index in [9.17, 15) is 4.39 Å². The van der Waals surface area contributed by atoms with Crippen molar-refractivity contribution in [1.82, 2.24) is 0 Å². The average molecular weight is 465 g/mol. The lowest BCUT2D eigenvalue weighted by molar-refractivity contribution is 0.628. The van der Waals surface area contributed by atoms with Crippen molar-refractivity contribution in [3.63, 3.8) is 0 Å². The summed E-state index contributed by atoms with van der Waals surface area (Å²) in [7, 11) is 0. The predicted molar refractivity (Wildman–Crippen MR) is 150 cm³/mol. The molecule has 1 heteroatoms. The fraction of sp³-hybridized carbons (Fsp3) is 0.0857. The van der Waals surface area contributed by atoms with Crippen molar-refractivity contribution in [3.05, 3.63) is 132 Å². The van der Waals surface area contributed by atoms with Crippen molar-refractivity contribution in [2.24, 2.45) is 0 Å². The molecule has 1 aliphatic rings. The molecule has 0 heterocycles. The van der Waals surface area contributed by atoms with Gasteiger partial charge in [0.05, 0.1) is 0 Å². The molecule has 6 aromatic rings. The summed E-state index contributed by atoms with van der Waals surface area (Å²) in [6, 6.07) is 39.9. The van der Waals surface area contributed by atoms with Gasteiger partial charge in [-0.1, -0.05) is 111 Å². The third kappa shape index (κ3) is 2.93. The van der Waals surface area contributed by atoms with Crippen LogP contribution in [-0.2, 0) is 5.41 Å². The van der Waals surface area contributed by atoms with Crippen molar-refractivity contribution >= 4 is 21.5 Å². The standard InChI is InChI=1S/C35H25F/c1-35(2)31-14-8-7-9-25(31)26-20-17-23(21-32(26)35)34-29-12-5-3-10-27(29)33(22-15-18-24(36)19-16-22)28-11-4-6-13-30(28)34/h3-21H,1-2H3. The van der Waals surface area contributed by atoms with Crippen LogP contribution in [0.5, 0.6) is 0 Å². The zero-order valence-electron chi connectivity index (χ0n) is 20.3. The van der Waals surface area contributed by atoms with Gasteiger partial charge in [-0.15, -0.1) is 0 Å². The van der Waals surface area contributed by atoms with Crippen LogP contribution in [0.2, 0.25) is 0 Å². The lowest BCUT2D eigenvalue weighted by Gasteiger charge is -2.23. The van der Waals surface area contributed by atoms with Gasteiger partial charge in [0.15, 0.2) is 0 Å². The second kappa shape index (κ2) is 7.63. The Hall–Kier alpha value is -4.23. The van der Waals surface area contributed by atoms with Gasteiger partial charge < -0.3 is 0 Å². The van der Waals surface area contributed by atoms with E-state index in [0.717, 1.165) is 11.1 Å². The largest absolute Gasteiger partial charge is 0.207 e. The highest BCUT2D eigenvalue weighted by molar-refractivity contribution is 6.21. The second-order valence-electron chi connectivity index (χ2n) is 10.3. The molecule has 0 spiro atoms. The van der Waals surface area contributed by atoms with E-state index in [-0.39, 0.29) is 11.2 Å². The van der Waals surface area contributed by atoms with E-state index < -0.39 is 0 Å². The zero-order valence-corrected chi connectivity index (χ0v) is 20.3. The Bertz CT molecular complexity index is 1750. The minimum atomic E-state index is -0.217. The van der Waals surface area contributed by atoms with Crippen LogP contribution in [0.3, 0.4) is 0 Å². The molecule has 6 aromatic carbocycles. The minimum Gasteiger partial charge on any atom is -0.207 e. The fourth-order valence-electron chi connectivity index (χ4n) is 6.23. The third-order valence-electron chi connectivity index (χ3n) is 7.94. The van der Waals surface area contributed by atoms with Crippen LogP contribution >= 0.6 is 0 Å². The number of halogens is 1. The molecule has 36 heavy (non-hydrogen) atoms. The molecule has 0 N–H and O–H groups in total. The highest BCUT2D eigenvalue weighted by Gasteiger charge is 2.35. The zero-order chi connectivity index (χ0) is 24.4. The molecule has 0 nitrogen and oxygen atoms in total. The van der Waals surface area contributed by atoms with Crippen LogP contribution in [0, 0.1) is 5.82 Å². The Morgan fingerprint density at radius 1 is 0.472 bits per heavy atom. The van der Waals surface area contributed by atoms with E-state index in [1.807, 2.05) is 12.1 Å². The summed E-state index contributed by atoms with van der Waals surface area (Å²) in [6.07, 6.45) is 0. The Kier molecular flexibility index (Phi) is 4.47. The highest BCUT2D eigenvalue weighted by atomic mass is 19.1. The van der Waals surface area contributed by atoms with Gasteiger partial charge >= 0.3 is 0 Å². The molecule has 0 saturated heterocycles. The van der Waals surface area contributed by atoms with Gasteiger partial charge in [-0.05, 0) is 84.3 Å². The van der Waals surface area contributed by atoms with Crippen LogP contribution < -0.4 is 0 Å². The van der Waals surface area contributed by atoms with Gasteiger partial charge in [-0.2, -0.15) is 0 Å². The van der Waals surface area contributed by atoms with Crippen LogP contribution in [0.25, 0.3) is 54.9 Å². The van der Waals surface area contributed by atoms with E-state index in [1.165, 1.54) is 54.9 Å². The molecule has 0 amide bonds. The summed E-state index contributed by atoms with van der Waals surface area (Å²) in [5.74, 6) is -0.217. The maximum Gasteiger partial charge on any atom is 0.123 e. The molecule has 0 bridgehead atoms. The van der Waals surface area contributed by atoms with Gasteiger partial charge in [0.1, 0.15) is 5.82 Å². The fourth-order valence-corrected chi connectivity index (χ4v) is 6.23. The number of rotatable bonds is 2. The number of hydrogen-bond acceptors (Lipinski definition) is 0. The van der Waals surface area contributed by atoms with Crippen molar-refractivity contribution in [2.45, 2.75) is 19.3 Å². The van der Waals surface area contributed by atoms with E-state index >= 15 is 0 Å². The van der Waals surface area contributed by atoms with Gasteiger partial charge in [0.2, 0.25) is 0 Å². The van der Waals surface area contributed by atoms with Crippen LogP contribution in [0.4, 0.5) is 4.39 Å². The molecule has 0 saturated carbocycles. The maximum absolute atomic E-state index is 13.8. The molecule has 7 rings (SSSR count). The molecule has 1 aliphatic carbocycles. The topological polar surface area (TPSA) is 0 Å². The van der Waals surface area contributed by atoms with Crippen molar-refractivity contribution in [2.75, 3.05) is 0 Å². The highest BCUT2D eigenvalue weighted by Crippen LogP contribution is 2.51. The molecular formula is C35H25F. The van der Waals surface area contributed by atoms with Crippen molar-refractivity contribution in [1.29, 1.82) is 0 Å². The van der Waals surface area contributed by atoms with Gasteiger partial charge in [-0.25, -0.2) is 4.39 Å². The van der Waals surface area contributed by atoms with Gasteiger partial charge in [-0.3, -0.25) is 0 Å². The summed E-state index contributed by atoms with van der Waals surface area (Å²) < 4.78 is 13.8. The SMILES string of the molecule is CC1(C)c2ccccc2-c2ccc(-c3c4ccccc4c(-c4ccc(F)cc4)c4ccccc34)cc21.